The largest absolute Gasteiger partial charge is 0.497 e. The lowest BCUT2D eigenvalue weighted by Gasteiger charge is -2.18. The van der Waals surface area contributed by atoms with Gasteiger partial charge in [-0.25, -0.2) is 8.42 Å². The number of benzene rings is 2. The highest BCUT2D eigenvalue weighted by Gasteiger charge is 2.21. The molecule has 0 aromatic heterocycles. The predicted molar refractivity (Wildman–Crippen MR) is 94.9 cm³/mol. The molecule has 1 aliphatic heterocycles. The lowest BCUT2D eigenvalue weighted by molar-refractivity contribution is 0.171. The van der Waals surface area contributed by atoms with Crippen LogP contribution in [0.25, 0.3) is 0 Å². The number of rotatable bonds is 5. The average molecular weight is 372 g/mol. The minimum Gasteiger partial charge on any atom is -0.497 e. The Morgan fingerprint density at radius 3 is 2.50 bits per heavy atom. The van der Waals surface area contributed by atoms with Crippen LogP contribution >= 0.6 is 0 Å². The van der Waals surface area contributed by atoms with Crippen molar-refractivity contribution in [3.05, 3.63) is 53.6 Å². The summed E-state index contributed by atoms with van der Waals surface area (Å²) in [6.45, 7) is 0.931. The molecule has 0 bridgehead atoms. The fourth-order valence-electron chi connectivity index (χ4n) is 2.33. The van der Waals surface area contributed by atoms with Gasteiger partial charge in [0.05, 0.1) is 12.0 Å². The minimum absolute atomic E-state index is 0.00933. The number of methoxy groups -OCH3 is 1. The van der Waals surface area contributed by atoms with Gasteiger partial charge in [-0.2, -0.15) is 5.26 Å². The van der Waals surface area contributed by atoms with E-state index < -0.39 is 14.7 Å². The van der Waals surface area contributed by atoms with E-state index in [1.807, 2.05) is 0 Å². The Bertz CT molecular complexity index is 976. The standard InChI is InChI=1S/C18H16N2O5S/c1-23-14-3-5-15(6-4-14)26(21,22)16(11-19)12-20-13-2-7-17-18(10-13)25-9-8-24-17/h2-7,10,12,20H,8-9H2,1H3/b16-12+. The zero-order chi connectivity index (χ0) is 18.6. The van der Waals surface area contributed by atoms with Gasteiger partial charge in [0.25, 0.3) is 0 Å². The Balaban J connectivity index is 1.84. The van der Waals surface area contributed by atoms with Gasteiger partial charge in [0, 0.05) is 18.0 Å². The Hall–Kier alpha value is -3.18. The quantitative estimate of drug-likeness (QED) is 0.806. The number of fused-ring (bicyclic) bond motifs is 1. The summed E-state index contributed by atoms with van der Waals surface area (Å²) in [5, 5.41) is 12.1. The van der Waals surface area contributed by atoms with Crippen LogP contribution in [-0.4, -0.2) is 28.7 Å². The highest BCUT2D eigenvalue weighted by atomic mass is 32.2. The van der Waals surface area contributed by atoms with Gasteiger partial charge in [-0.1, -0.05) is 0 Å². The van der Waals surface area contributed by atoms with Crippen LogP contribution in [0.2, 0.25) is 0 Å². The molecular weight excluding hydrogens is 356 g/mol. The van der Waals surface area contributed by atoms with Crippen molar-refractivity contribution < 1.29 is 22.6 Å². The first-order chi connectivity index (χ1) is 12.5. The zero-order valence-corrected chi connectivity index (χ0v) is 14.7. The van der Waals surface area contributed by atoms with Crippen molar-refractivity contribution in [3.63, 3.8) is 0 Å². The molecule has 0 aliphatic carbocycles. The van der Waals surface area contributed by atoms with E-state index in [1.54, 1.807) is 24.3 Å². The highest BCUT2D eigenvalue weighted by molar-refractivity contribution is 7.95. The molecule has 7 nitrogen and oxygen atoms in total. The third-order valence-electron chi connectivity index (χ3n) is 3.68. The first-order valence-corrected chi connectivity index (χ1v) is 9.18. The van der Waals surface area contributed by atoms with Crippen molar-refractivity contribution in [2.75, 3.05) is 25.6 Å². The summed E-state index contributed by atoms with van der Waals surface area (Å²) in [5.74, 6) is 1.71. The van der Waals surface area contributed by atoms with Crippen LogP contribution in [0, 0.1) is 11.3 Å². The Morgan fingerprint density at radius 1 is 1.15 bits per heavy atom. The second-order valence-corrected chi connectivity index (χ2v) is 7.22. The molecule has 8 heteroatoms. The molecule has 1 N–H and O–H groups in total. The van der Waals surface area contributed by atoms with Gasteiger partial charge in [0.1, 0.15) is 25.0 Å². The monoisotopic (exact) mass is 372 g/mol. The summed E-state index contributed by atoms with van der Waals surface area (Å²) in [6, 6.07) is 12.7. The first-order valence-electron chi connectivity index (χ1n) is 7.70. The lowest BCUT2D eigenvalue weighted by atomic mass is 10.2. The van der Waals surface area contributed by atoms with Crippen molar-refractivity contribution in [1.82, 2.24) is 0 Å². The number of nitrogens with one attached hydrogen (secondary N) is 1. The molecule has 2 aromatic rings. The van der Waals surface area contributed by atoms with Gasteiger partial charge >= 0.3 is 0 Å². The summed E-state index contributed by atoms with van der Waals surface area (Å²) in [7, 11) is -2.45. The maximum absolute atomic E-state index is 12.6. The number of ether oxygens (including phenoxy) is 3. The maximum atomic E-state index is 12.6. The van der Waals surface area contributed by atoms with E-state index >= 15 is 0 Å². The molecule has 2 aromatic carbocycles. The van der Waals surface area contributed by atoms with Crippen LogP contribution in [0.15, 0.2) is 58.5 Å². The van der Waals surface area contributed by atoms with Crippen molar-refractivity contribution in [3.8, 4) is 23.3 Å². The molecule has 3 rings (SSSR count). The topological polar surface area (TPSA) is 97.7 Å². The third kappa shape index (κ3) is 3.58. The minimum atomic E-state index is -3.94. The summed E-state index contributed by atoms with van der Waals surface area (Å²) < 4.78 is 41.1. The Morgan fingerprint density at radius 2 is 1.85 bits per heavy atom. The molecule has 0 saturated heterocycles. The summed E-state index contributed by atoms with van der Waals surface area (Å²) in [5.41, 5.74) is 0.576. The molecule has 0 spiro atoms. The van der Waals surface area contributed by atoms with E-state index in [-0.39, 0.29) is 4.90 Å². The van der Waals surface area contributed by atoms with E-state index in [1.165, 1.54) is 31.4 Å². The van der Waals surface area contributed by atoms with E-state index in [9.17, 15) is 13.7 Å². The number of nitrogens with zero attached hydrogens (tertiary/aromatic N) is 1. The third-order valence-corrected chi connectivity index (χ3v) is 5.36. The highest BCUT2D eigenvalue weighted by Crippen LogP contribution is 2.32. The van der Waals surface area contributed by atoms with E-state index in [2.05, 4.69) is 5.32 Å². The predicted octanol–water partition coefficient (Wildman–Crippen LogP) is 2.72. The molecule has 26 heavy (non-hydrogen) atoms. The van der Waals surface area contributed by atoms with Crippen LogP contribution in [0.3, 0.4) is 0 Å². The molecule has 0 unspecified atom stereocenters. The molecule has 0 saturated carbocycles. The zero-order valence-electron chi connectivity index (χ0n) is 13.9. The summed E-state index contributed by atoms with van der Waals surface area (Å²) >= 11 is 0. The second kappa shape index (κ2) is 7.37. The van der Waals surface area contributed by atoms with Crippen LogP contribution in [0.4, 0.5) is 5.69 Å². The van der Waals surface area contributed by atoms with Crippen molar-refractivity contribution in [1.29, 1.82) is 5.26 Å². The van der Waals surface area contributed by atoms with Gasteiger partial charge in [-0.15, -0.1) is 0 Å². The molecule has 0 radical (unpaired) electrons. The fraction of sp³-hybridized carbons (Fsp3) is 0.167. The summed E-state index contributed by atoms with van der Waals surface area (Å²) in [4.78, 5) is -0.396. The molecule has 134 valence electrons. The maximum Gasteiger partial charge on any atom is 0.218 e. The number of hydrogen-bond donors (Lipinski definition) is 1. The van der Waals surface area contributed by atoms with E-state index in [0.717, 1.165) is 6.20 Å². The lowest BCUT2D eigenvalue weighted by Crippen LogP contribution is -2.15. The number of anilines is 1. The van der Waals surface area contributed by atoms with Crippen LogP contribution in [0.1, 0.15) is 0 Å². The Kier molecular flexibility index (Phi) is 5.00. The molecule has 0 amide bonds. The fourth-order valence-corrected chi connectivity index (χ4v) is 3.42. The van der Waals surface area contributed by atoms with Gasteiger partial charge in [-0.05, 0) is 36.4 Å². The van der Waals surface area contributed by atoms with Gasteiger partial charge in [0.2, 0.25) is 9.84 Å². The second-order valence-electron chi connectivity index (χ2n) is 5.30. The van der Waals surface area contributed by atoms with Gasteiger partial charge in [0.15, 0.2) is 16.4 Å². The molecule has 0 fully saturated rings. The van der Waals surface area contributed by atoms with Crippen LogP contribution in [-0.2, 0) is 9.84 Å². The number of nitriles is 1. The van der Waals surface area contributed by atoms with Crippen molar-refractivity contribution in [2.24, 2.45) is 0 Å². The van der Waals surface area contributed by atoms with Gasteiger partial charge < -0.3 is 19.5 Å². The van der Waals surface area contributed by atoms with Crippen molar-refractivity contribution >= 4 is 15.5 Å². The average Bonchev–Trinajstić information content (AvgIpc) is 2.68. The van der Waals surface area contributed by atoms with Crippen LogP contribution in [0.5, 0.6) is 17.2 Å². The first kappa shape index (κ1) is 17.6. The normalized spacial score (nSPS) is 13.6. The molecule has 1 aliphatic rings. The smallest absolute Gasteiger partial charge is 0.218 e. The number of sulfone groups is 1. The van der Waals surface area contributed by atoms with Crippen LogP contribution < -0.4 is 19.5 Å². The van der Waals surface area contributed by atoms with E-state index in [0.29, 0.717) is 36.1 Å². The number of allylic oxidation sites excluding steroid dienone is 1. The molecular formula is C18H16N2O5S. The summed E-state index contributed by atoms with van der Waals surface area (Å²) in [6.07, 6.45) is 1.16. The van der Waals surface area contributed by atoms with Gasteiger partial charge in [-0.3, -0.25) is 0 Å². The molecule has 1 heterocycles. The SMILES string of the molecule is COc1ccc(S(=O)(=O)/C(C#N)=C/Nc2ccc3c(c2)OCCO3)cc1. The Labute approximate surface area is 151 Å². The molecule has 0 atom stereocenters. The van der Waals surface area contributed by atoms with E-state index in [4.69, 9.17) is 14.2 Å². The van der Waals surface area contributed by atoms with Crippen molar-refractivity contribution in [2.45, 2.75) is 4.90 Å². The number of hydrogen-bond acceptors (Lipinski definition) is 7.